The van der Waals surface area contributed by atoms with Crippen LogP contribution in [-0.4, -0.2) is 16.6 Å². The van der Waals surface area contributed by atoms with Crippen LogP contribution in [0.1, 0.15) is 47.5 Å². The van der Waals surface area contributed by atoms with Crippen molar-refractivity contribution in [1.82, 2.24) is 4.98 Å². The molecule has 0 atom stereocenters. The first-order chi connectivity index (χ1) is 12.2. The number of primary amides is 1. The van der Waals surface area contributed by atoms with Crippen molar-refractivity contribution >= 4 is 17.2 Å². The largest absolute Gasteiger partial charge is 0.366 e. The lowest BCUT2D eigenvalue weighted by molar-refractivity contribution is -0.114. The molecule has 2 aromatic rings. The highest BCUT2D eigenvalue weighted by Crippen LogP contribution is 2.37. The normalized spacial score (nSPS) is 16.2. The number of hydrogen-bond donors (Lipinski definition) is 2. The summed E-state index contributed by atoms with van der Waals surface area (Å²) in [6, 6.07) is 8.59. The average molecular weight is 347 g/mol. The van der Waals surface area contributed by atoms with Gasteiger partial charge in [-0.2, -0.15) is 0 Å². The second-order valence-electron chi connectivity index (χ2n) is 7.17. The Morgan fingerprint density at radius 2 is 1.58 bits per heavy atom. The zero-order valence-corrected chi connectivity index (χ0v) is 16.2. The van der Waals surface area contributed by atoms with Gasteiger partial charge < -0.3 is 10.7 Å². The summed E-state index contributed by atoms with van der Waals surface area (Å²) < 4.78 is 0. The highest BCUT2D eigenvalue weighted by molar-refractivity contribution is 6.23. The fourth-order valence-corrected chi connectivity index (χ4v) is 3.81. The van der Waals surface area contributed by atoms with Crippen LogP contribution in [0, 0.1) is 27.7 Å². The third-order valence-corrected chi connectivity index (χ3v) is 4.76. The number of carbonyl (C=O) groups is 1. The zero-order chi connectivity index (χ0) is 19.2. The smallest absolute Gasteiger partial charge is 0.250 e. The van der Waals surface area contributed by atoms with Crippen molar-refractivity contribution in [1.29, 1.82) is 0 Å². The second-order valence-corrected chi connectivity index (χ2v) is 7.17. The van der Waals surface area contributed by atoms with Gasteiger partial charge in [0.2, 0.25) is 0 Å². The standard InChI is InChI=1S/C22H25N3O/c1-11-7-12(2)9-17(8-11)19(20-13(3)10-14(4)24-20)21-15(5)18(22(23)26)16(6)25-21/h7-10,24H,1-6H3,(H2,23,26)/b21-19-. The van der Waals surface area contributed by atoms with E-state index in [2.05, 4.69) is 50.0 Å². The lowest BCUT2D eigenvalue weighted by atomic mass is 9.92. The molecule has 1 aliphatic heterocycles. The summed E-state index contributed by atoms with van der Waals surface area (Å²) in [5.74, 6) is -0.432. The molecule has 1 aliphatic rings. The van der Waals surface area contributed by atoms with Crippen LogP contribution in [0.3, 0.4) is 0 Å². The first-order valence-corrected chi connectivity index (χ1v) is 8.75. The minimum atomic E-state index is -0.432. The number of hydrogen-bond acceptors (Lipinski definition) is 2. The summed E-state index contributed by atoms with van der Waals surface area (Å²) in [6.45, 7) is 12.1. The number of amides is 1. The fourth-order valence-electron chi connectivity index (χ4n) is 3.81. The van der Waals surface area contributed by atoms with Gasteiger partial charge in [-0.3, -0.25) is 9.79 Å². The Morgan fingerprint density at radius 1 is 0.962 bits per heavy atom. The molecular weight excluding hydrogens is 322 g/mol. The fraction of sp³-hybridized carbons (Fsp3) is 0.273. The lowest BCUT2D eigenvalue weighted by Crippen LogP contribution is -2.18. The number of nitrogens with two attached hydrogens (primary N) is 1. The number of aromatic amines is 1. The summed E-state index contributed by atoms with van der Waals surface area (Å²) >= 11 is 0. The van der Waals surface area contributed by atoms with E-state index in [1.54, 1.807) is 0 Å². The molecule has 4 nitrogen and oxygen atoms in total. The van der Waals surface area contributed by atoms with Gasteiger partial charge in [0.05, 0.1) is 22.7 Å². The Balaban J connectivity index is 2.40. The number of allylic oxidation sites excluding steroid dienone is 1. The molecule has 0 aliphatic carbocycles. The third kappa shape index (κ3) is 3.03. The monoisotopic (exact) mass is 347 g/mol. The van der Waals surface area contributed by atoms with Crippen molar-refractivity contribution < 1.29 is 4.79 Å². The molecule has 0 unspecified atom stereocenters. The number of rotatable bonds is 3. The number of aliphatic imine (C=N–C) groups is 1. The van der Waals surface area contributed by atoms with Crippen molar-refractivity contribution in [2.24, 2.45) is 10.7 Å². The molecule has 0 bridgehead atoms. The lowest BCUT2D eigenvalue weighted by Gasteiger charge is -2.14. The van der Waals surface area contributed by atoms with E-state index in [4.69, 9.17) is 10.7 Å². The molecule has 3 N–H and O–H groups in total. The predicted octanol–water partition coefficient (Wildman–Crippen LogP) is 4.28. The first-order valence-electron chi connectivity index (χ1n) is 8.75. The summed E-state index contributed by atoms with van der Waals surface area (Å²) in [7, 11) is 0. The van der Waals surface area contributed by atoms with Crippen molar-refractivity contribution in [2.45, 2.75) is 41.5 Å². The third-order valence-electron chi connectivity index (χ3n) is 4.76. The number of aryl methyl sites for hydroxylation is 4. The maximum Gasteiger partial charge on any atom is 0.250 e. The molecule has 0 fully saturated rings. The molecule has 1 aromatic carbocycles. The second kappa shape index (κ2) is 6.45. The number of nitrogens with zero attached hydrogens (tertiary/aromatic N) is 1. The van der Waals surface area contributed by atoms with Gasteiger partial charge in [0.25, 0.3) is 5.91 Å². The maximum absolute atomic E-state index is 11.9. The number of nitrogens with one attached hydrogen (secondary N) is 1. The van der Waals surface area contributed by atoms with E-state index in [1.165, 1.54) is 11.1 Å². The average Bonchev–Trinajstić information content (AvgIpc) is 2.98. The first kappa shape index (κ1) is 17.9. The van der Waals surface area contributed by atoms with Gasteiger partial charge in [-0.1, -0.05) is 29.3 Å². The molecule has 0 saturated carbocycles. The Bertz CT molecular complexity index is 996. The van der Waals surface area contributed by atoms with Crippen LogP contribution in [0.4, 0.5) is 0 Å². The van der Waals surface area contributed by atoms with E-state index in [0.29, 0.717) is 11.3 Å². The highest BCUT2D eigenvalue weighted by Gasteiger charge is 2.26. The molecule has 134 valence electrons. The summed E-state index contributed by atoms with van der Waals surface area (Å²) in [5, 5.41) is 0. The maximum atomic E-state index is 11.9. The van der Waals surface area contributed by atoms with Gasteiger partial charge >= 0.3 is 0 Å². The van der Waals surface area contributed by atoms with Crippen LogP contribution in [-0.2, 0) is 4.79 Å². The summed E-state index contributed by atoms with van der Waals surface area (Å²) in [6.07, 6.45) is 0. The van der Waals surface area contributed by atoms with Crippen molar-refractivity contribution in [3.63, 3.8) is 0 Å². The van der Waals surface area contributed by atoms with Gasteiger partial charge in [0, 0.05) is 11.3 Å². The Labute approximate surface area is 154 Å². The van der Waals surface area contributed by atoms with Crippen LogP contribution in [0.2, 0.25) is 0 Å². The van der Waals surface area contributed by atoms with Gasteiger partial charge in [-0.25, -0.2) is 0 Å². The topological polar surface area (TPSA) is 71.2 Å². The molecule has 3 rings (SSSR count). The van der Waals surface area contributed by atoms with E-state index in [0.717, 1.165) is 39.4 Å². The van der Waals surface area contributed by atoms with Gasteiger partial charge in [0.15, 0.2) is 0 Å². The number of benzene rings is 1. The molecule has 4 heteroatoms. The molecule has 26 heavy (non-hydrogen) atoms. The van der Waals surface area contributed by atoms with Crippen LogP contribution in [0.5, 0.6) is 0 Å². The molecule has 0 saturated heterocycles. The Hall–Kier alpha value is -2.88. The van der Waals surface area contributed by atoms with E-state index in [9.17, 15) is 4.79 Å². The summed E-state index contributed by atoms with van der Waals surface area (Å²) in [5.41, 5.74) is 16.2. The van der Waals surface area contributed by atoms with Crippen molar-refractivity contribution in [3.8, 4) is 0 Å². The Kier molecular flexibility index (Phi) is 4.45. The van der Waals surface area contributed by atoms with E-state index >= 15 is 0 Å². The van der Waals surface area contributed by atoms with Gasteiger partial charge in [-0.15, -0.1) is 0 Å². The predicted molar refractivity (Wildman–Crippen MR) is 107 cm³/mol. The molecule has 2 heterocycles. The molecule has 1 aromatic heterocycles. The van der Waals surface area contributed by atoms with Crippen LogP contribution in [0.15, 0.2) is 46.1 Å². The van der Waals surface area contributed by atoms with E-state index in [-0.39, 0.29) is 0 Å². The Morgan fingerprint density at radius 3 is 2.04 bits per heavy atom. The number of carbonyl (C=O) groups excluding carboxylic acids is 1. The van der Waals surface area contributed by atoms with E-state index in [1.807, 2.05) is 20.8 Å². The summed E-state index contributed by atoms with van der Waals surface area (Å²) in [4.78, 5) is 20.1. The minimum Gasteiger partial charge on any atom is -0.366 e. The highest BCUT2D eigenvalue weighted by atomic mass is 16.1. The van der Waals surface area contributed by atoms with Crippen LogP contribution in [0.25, 0.3) is 5.57 Å². The number of aromatic nitrogens is 1. The van der Waals surface area contributed by atoms with Crippen LogP contribution < -0.4 is 5.73 Å². The molecule has 0 spiro atoms. The van der Waals surface area contributed by atoms with E-state index < -0.39 is 5.91 Å². The molecular formula is C22H25N3O. The number of H-pyrrole nitrogens is 1. The van der Waals surface area contributed by atoms with Crippen molar-refractivity contribution in [3.05, 3.63) is 74.8 Å². The SMILES string of the molecule is CC1=N/C(=C(/c2cc(C)cc(C)c2)c2[nH]c(C)cc2C)C(C)=C1C(N)=O. The molecule has 0 radical (unpaired) electrons. The van der Waals surface area contributed by atoms with Crippen LogP contribution >= 0.6 is 0 Å². The quantitative estimate of drug-likeness (QED) is 0.854. The zero-order valence-electron chi connectivity index (χ0n) is 16.2. The van der Waals surface area contributed by atoms with Gasteiger partial charge in [0.1, 0.15) is 0 Å². The van der Waals surface area contributed by atoms with Gasteiger partial charge in [-0.05, 0) is 64.3 Å². The molecule has 1 amide bonds. The van der Waals surface area contributed by atoms with Crippen molar-refractivity contribution in [2.75, 3.05) is 0 Å². The minimum absolute atomic E-state index is 0.432.